The fourth-order valence-corrected chi connectivity index (χ4v) is 0. The first kappa shape index (κ1) is 47.1. The molecular weight excluding hydrogens is 256 g/mol. The molecule has 5 heavy (non-hydrogen) atoms. The molecule has 0 saturated carbocycles. The maximum atomic E-state index is 0. The van der Waals surface area contributed by atoms with Crippen molar-refractivity contribution in [3.8, 4) is 0 Å². The second-order valence-electron chi connectivity index (χ2n) is 0. The Morgan fingerprint density at radius 1 is 1.20 bits per heavy atom. The summed E-state index contributed by atoms with van der Waals surface area (Å²) in [5, 5.41) is 0. The molecule has 0 aromatic carbocycles. The van der Waals surface area contributed by atoms with Crippen LogP contribution in [0.1, 0.15) is 2.85 Å². The van der Waals surface area contributed by atoms with Gasteiger partial charge in [0, 0.05) is 55.5 Å². The van der Waals surface area contributed by atoms with Gasteiger partial charge in [-0.15, -0.1) is 0 Å². The maximum absolute atomic E-state index is 0. The smallest absolute Gasteiger partial charge is 1.00 e. The van der Waals surface area contributed by atoms with Crippen LogP contribution in [0.4, 0.5) is 0 Å². The molecule has 0 spiro atoms. The molecule has 0 aliphatic rings. The van der Waals surface area contributed by atoms with Gasteiger partial charge in [0.1, 0.15) is 0 Å². The molecule has 0 rings (SSSR count). The van der Waals surface area contributed by atoms with Crippen LogP contribution in [-0.2, 0) is 55.5 Å². The van der Waals surface area contributed by atoms with E-state index in [9.17, 15) is 0 Å². The quantitative estimate of drug-likeness (QED) is 0.461. The minimum absolute atomic E-state index is 0. The van der Waals surface area contributed by atoms with Gasteiger partial charge < -0.3 is 2.85 Å². The minimum atomic E-state index is 0. The molecule has 0 unspecified atom stereocenters. The first-order valence-electron chi connectivity index (χ1n) is 0. The molecule has 0 aliphatic carbocycles. The van der Waals surface area contributed by atoms with E-state index in [-0.39, 0.29) is 92.4 Å². The zero-order valence-electron chi connectivity index (χ0n) is 3.88. The third kappa shape index (κ3) is 20.2. The van der Waals surface area contributed by atoms with Gasteiger partial charge in [0.05, 0.1) is 0 Å². The summed E-state index contributed by atoms with van der Waals surface area (Å²) in [6, 6.07) is 0. The summed E-state index contributed by atoms with van der Waals surface area (Å²) < 4.78 is 0. The van der Waals surface area contributed by atoms with E-state index in [0.29, 0.717) is 0 Å². The standard InChI is InChI=1S/Cr.Fe.Mg.Mo.H4Si.2H/h;;;;1H4;;/q;;+2;;;2*-1. The Kier molecular flexibility index (Phi) is 280. The summed E-state index contributed by atoms with van der Waals surface area (Å²) in [5.41, 5.74) is 0. The number of rotatable bonds is 0. The van der Waals surface area contributed by atoms with Crippen molar-refractivity contribution in [1.29, 1.82) is 0 Å². The van der Waals surface area contributed by atoms with Crippen molar-refractivity contribution in [2.75, 3.05) is 0 Å². The summed E-state index contributed by atoms with van der Waals surface area (Å²) in [6.45, 7) is 0. The van der Waals surface area contributed by atoms with E-state index < -0.39 is 0 Å². The third-order valence-corrected chi connectivity index (χ3v) is 0. The van der Waals surface area contributed by atoms with Crippen molar-refractivity contribution in [3.05, 3.63) is 0 Å². The Morgan fingerprint density at radius 3 is 1.20 bits per heavy atom. The van der Waals surface area contributed by atoms with Gasteiger partial charge in [-0.05, 0) is 11.0 Å². The topological polar surface area (TPSA) is 0 Å². The van der Waals surface area contributed by atoms with E-state index in [1.807, 2.05) is 0 Å². The zero-order valence-corrected chi connectivity index (χ0v) is 7.68. The van der Waals surface area contributed by atoms with E-state index >= 15 is 0 Å². The Bertz CT molecular complexity index is 17.7. The van der Waals surface area contributed by atoms with Crippen LogP contribution in [0.25, 0.3) is 0 Å². The first-order valence-corrected chi connectivity index (χ1v) is 0. The van der Waals surface area contributed by atoms with Gasteiger partial charge in [0.2, 0.25) is 0 Å². The van der Waals surface area contributed by atoms with Crippen LogP contribution in [-0.4, -0.2) is 34.0 Å². The molecule has 0 saturated heterocycles. The zero-order chi connectivity index (χ0) is 0. The first-order chi connectivity index (χ1) is 0. The fourth-order valence-electron chi connectivity index (χ4n) is 0. The molecule has 0 aromatic heterocycles. The van der Waals surface area contributed by atoms with Crippen LogP contribution >= 0.6 is 0 Å². The average molecular weight is 262 g/mol. The van der Waals surface area contributed by atoms with Gasteiger partial charge in [0.25, 0.3) is 0 Å². The maximum Gasteiger partial charge on any atom is 2.00 e. The average Bonchev–Trinajstić information content (AvgIpc) is 0. The molecule has 0 aliphatic heterocycles. The molecule has 5 heteroatoms. The monoisotopic (exact) mass is 264 g/mol. The van der Waals surface area contributed by atoms with Gasteiger partial charge >= 0.3 is 23.1 Å². The molecule has 0 nitrogen and oxygen atoms in total. The number of hydrogen-bond donors (Lipinski definition) is 0. The summed E-state index contributed by atoms with van der Waals surface area (Å²) in [5.74, 6) is 0. The molecule has 32 valence electrons. The molecule has 0 fully saturated rings. The summed E-state index contributed by atoms with van der Waals surface area (Å²) in [6.07, 6.45) is 0. The van der Waals surface area contributed by atoms with Crippen molar-refractivity contribution in [3.63, 3.8) is 0 Å². The van der Waals surface area contributed by atoms with Gasteiger partial charge in [-0.25, -0.2) is 0 Å². The van der Waals surface area contributed by atoms with Gasteiger partial charge in [0.15, 0.2) is 0 Å². The minimum Gasteiger partial charge on any atom is -1.00 e. The van der Waals surface area contributed by atoms with Crippen LogP contribution in [0.15, 0.2) is 0 Å². The number of hydrogen-bond acceptors (Lipinski definition) is 0. The molecule has 0 radical (unpaired) electrons. The van der Waals surface area contributed by atoms with E-state index in [0.717, 1.165) is 0 Å². The largest absolute Gasteiger partial charge is 2.00 e. The van der Waals surface area contributed by atoms with E-state index in [1.54, 1.807) is 0 Å². The second kappa shape index (κ2) is 29.7. The SMILES string of the molecule is [Cr].[Fe].[H-].[H-].[Mg+2].[Mo].[SiH4]. The van der Waals surface area contributed by atoms with Crippen molar-refractivity contribution in [2.24, 2.45) is 0 Å². The molecule has 0 atom stereocenters. The van der Waals surface area contributed by atoms with E-state index in [4.69, 9.17) is 0 Å². The normalized spacial score (nSPS) is 0. The Hall–Kier alpha value is 2.72. The van der Waals surface area contributed by atoms with Crippen LogP contribution < -0.4 is 0 Å². The van der Waals surface area contributed by atoms with E-state index in [2.05, 4.69) is 0 Å². The Balaban J connectivity index is 0. The molecular formula is H6CrFeMgMoSi. The van der Waals surface area contributed by atoms with Crippen LogP contribution in [0.2, 0.25) is 0 Å². The summed E-state index contributed by atoms with van der Waals surface area (Å²) in [7, 11) is 0. The summed E-state index contributed by atoms with van der Waals surface area (Å²) in [4.78, 5) is 0. The van der Waals surface area contributed by atoms with Crippen molar-refractivity contribution in [1.82, 2.24) is 0 Å². The predicted molar refractivity (Wildman–Crippen MR) is 19.3 cm³/mol. The van der Waals surface area contributed by atoms with Crippen molar-refractivity contribution < 1.29 is 58.3 Å². The second-order valence-corrected chi connectivity index (χ2v) is 0. The molecule has 0 heterocycles. The molecule has 0 bridgehead atoms. The van der Waals surface area contributed by atoms with Crippen LogP contribution in [0.3, 0.4) is 0 Å². The van der Waals surface area contributed by atoms with Crippen molar-refractivity contribution in [2.45, 2.75) is 0 Å². The van der Waals surface area contributed by atoms with E-state index in [1.165, 1.54) is 0 Å². The van der Waals surface area contributed by atoms with Crippen LogP contribution in [0.5, 0.6) is 0 Å². The summed E-state index contributed by atoms with van der Waals surface area (Å²) >= 11 is 0. The van der Waals surface area contributed by atoms with Crippen molar-refractivity contribution >= 4 is 34.0 Å². The van der Waals surface area contributed by atoms with Crippen LogP contribution in [0, 0.1) is 0 Å². The fraction of sp³-hybridized carbons (Fsp3) is 0. The molecule has 0 amide bonds. The molecule has 0 aromatic rings. The van der Waals surface area contributed by atoms with Gasteiger partial charge in [-0.2, -0.15) is 0 Å². The molecule has 0 N–H and O–H groups in total. The Labute approximate surface area is 91.2 Å². The third-order valence-electron chi connectivity index (χ3n) is 0. The Morgan fingerprint density at radius 2 is 1.20 bits per heavy atom. The van der Waals surface area contributed by atoms with Gasteiger partial charge in [-0.1, -0.05) is 0 Å². The van der Waals surface area contributed by atoms with Gasteiger partial charge in [-0.3, -0.25) is 0 Å². The predicted octanol–water partition coefficient (Wildman–Crippen LogP) is -1.61.